The number of methoxy groups -OCH3 is 2. The maximum atomic E-state index is 11.7. The first-order valence-corrected chi connectivity index (χ1v) is 5.78. The number of carbonyl (C=O) groups is 1. The van der Waals surface area contributed by atoms with Crippen LogP contribution in [0.25, 0.3) is 6.08 Å². The van der Waals surface area contributed by atoms with Crippen molar-refractivity contribution >= 4 is 12.0 Å². The van der Waals surface area contributed by atoms with Gasteiger partial charge in [0.15, 0.2) is 11.5 Å². The van der Waals surface area contributed by atoms with Crippen LogP contribution in [0, 0.1) is 11.3 Å². The van der Waals surface area contributed by atoms with Crippen molar-refractivity contribution in [2.24, 2.45) is 0 Å². The van der Waals surface area contributed by atoms with Gasteiger partial charge in [0.1, 0.15) is 18.2 Å². The number of ether oxygens (including phenoxy) is 3. The number of esters is 1. The maximum absolute atomic E-state index is 11.7. The predicted molar refractivity (Wildman–Crippen MR) is 74.3 cm³/mol. The second kappa shape index (κ2) is 7.64. The van der Waals surface area contributed by atoms with Crippen LogP contribution in [0.5, 0.6) is 11.5 Å². The van der Waals surface area contributed by atoms with E-state index in [4.69, 9.17) is 19.5 Å². The van der Waals surface area contributed by atoms with E-state index in [2.05, 4.69) is 6.58 Å². The largest absolute Gasteiger partial charge is 0.493 e. The Hall–Kier alpha value is -2.74. The fourth-order valence-corrected chi connectivity index (χ4v) is 1.53. The molecular formula is C15H15NO4. The molecule has 1 aromatic rings. The molecule has 0 saturated carbocycles. The van der Waals surface area contributed by atoms with Crippen LogP contribution in [0.1, 0.15) is 5.56 Å². The molecule has 0 aromatic heterocycles. The van der Waals surface area contributed by atoms with E-state index in [0.29, 0.717) is 17.1 Å². The van der Waals surface area contributed by atoms with Gasteiger partial charge in [-0.3, -0.25) is 0 Å². The molecule has 0 heterocycles. The van der Waals surface area contributed by atoms with Crippen LogP contribution in [0.4, 0.5) is 0 Å². The number of carbonyl (C=O) groups excluding carboxylic acids is 1. The molecule has 0 aliphatic heterocycles. The molecule has 1 rings (SSSR count). The van der Waals surface area contributed by atoms with Crippen LogP contribution in [0.15, 0.2) is 36.4 Å². The minimum Gasteiger partial charge on any atom is -0.493 e. The lowest BCUT2D eigenvalue weighted by Gasteiger charge is -2.10. The molecule has 0 N–H and O–H groups in total. The quantitative estimate of drug-likeness (QED) is 0.344. The molecular weight excluding hydrogens is 258 g/mol. The Bertz CT molecular complexity index is 570. The van der Waals surface area contributed by atoms with Gasteiger partial charge in [-0.05, 0) is 12.1 Å². The molecule has 0 fully saturated rings. The third kappa shape index (κ3) is 3.62. The molecule has 5 heteroatoms. The Morgan fingerprint density at radius 1 is 1.40 bits per heavy atom. The molecule has 0 atom stereocenters. The summed E-state index contributed by atoms with van der Waals surface area (Å²) in [7, 11) is 2.99. The minimum absolute atomic E-state index is 0.0487. The van der Waals surface area contributed by atoms with Crippen molar-refractivity contribution in [1.29, 1.82) is 5.26 Å². The van der Waals surface area contributed by atoms with Gasteiger partial charge < -0.3 is 14.2 Å². The summed E-state index contributed by atoms with van der Waals surface area (Å²) >= 11 is 0. The predicted octanol–water partition coefficient (Wildman–Crippen LogP) is 2.34. The van der Waals surface area contributed by atoms with E-state index in [1.165, 1.54) is 26.4 Å². The number of para-hydroxylation sites is 1. The number of hydrogen-bond donors (Lipinski definition) is 0. The highest BCUT2D eigenvalue weighted by Crippen LogP contribution is 2.32. The highest BCUT2D eigenvalue weighted by molar-refractivity contribution is 5.98. The molecule has 0 saturated heterocycles. The monoisotopic (exact) mass is 273 g/mol. The van der Waals surface area contributed by atoms with Gasteiger partial charge in [-0.2, -0.15) is 5.26 Å². The number of nitrogens with zero attached hydrogens (tertiary/aromatic N) is 1. The van der Waals surface area contributed by atoms with Crippen molar-refractivity contribution in [3.63, 3.8) is 0 Å². The fourth-order valence-electron chi connectivity index (χ4n) is 1.53. The third-order valence-electron chi connectivity index (χ3n) is 2.41. The van der Waals surface area contributed by atoms with Gasteiger partial charge in [0.05, 0.1) is 14.2 Å². The van der Waals surface area contributed by atoms with Crippen molar-refractivity contribution in [2.45, 2.75) is 0 Å². The lowest BCUT2D eigenvalue weighted by atomic mass is 10.1. The van der Waals surface area contributed by atoms with Gasteiger partial charge >= 0.3 is 5.97 Å². The Balaban J connectivity index is 3.16. The highest BCUT2D eigenvalue weighted by Gasteiger charge is 2.13. The Kier molecular flexibility index (Phi) is 5.85. The summed E-state index contributed by atoms with van der Waals surface area (Å²) < 4.78 is 15.2. The lowest BCUT2D eigenvalue weighted by Crippen LogP contribution is -2.06. The van der Waals surface area contributed by atoms with E-state index in [1.54, 1.807) is 24.3 Å². The number of benzene rings is 1. The zero-order chi connectivity index (χ0) is 15.0. The average molecular weight is 273 g/mol. The summed E-state index contributed by atoms with van der Waals surface area (Å²) in [6.07, 6.45) is 2.83. The average Bonchev–Trinajstić information content (AvgIpc) is 2.49. The molecule has 0 aliphatic rings. The molecule has 104 valence electrons. The Morgan fingerprint density at radius 3 is 2.70 bits per heavy atom. The summed E-state index contributed by atoms with van der Waals surface area (Å²) in [5.41, 5.74) is 0.428. The van der Waals surface area contributed by atoms with Crippen molar-refractivity contribution in [3.05, 3.63) is 42.0 Å². The zero-order valence-electron chi connectivity index (χ0n) is 11.4. The molecule has 0 spiro atoms. The molecule has 0 unspecified atom stereocenters. The molecule has 1 aromatic carbocycles. The SMILES string of the molecule is C=CCOC(=O)/C(C#N)=C/c1cccc(OC)c1OC. The van der Waals surface area contributed by atoms with Crippen LogP contribution < -0.4 is 9.47 Å². The van der Waals surface area contributed by atoms with Crippen molar-refractivity contribution in [3.8, 4) is 17.6 Å². The van der Waals surface area contributed by atoms with Crippen LogP contribution in [-0.4, -0.2) is 26.8 Å². The second-order valence-electron chi connectivity index (χ2n) is 3.64. The van der Waals surface area contributed by atoms with E-state index >= 15 is 0 Å². The molecule has 5 nitrogen and oxygen atoms in total. The van der Waals surface area contributed by atoms with Crippen molar-refractivity contribution < 1.29 is 19.0 Å². The van der Waals surface area contributed by atoms with Gasteiger partial charge in [0.25, 0.3) is 0 Å². The summed E-state index contributed by atoms with van der Waals surface area (Å²) in [6, 6.07) is 6.97. The summed E-state index contributed by atoms with van der Waals surface area (Å²) in [6.45, 7) is 3.48. The van der Waals surface area contributed by atoms with E-state index in [9.17, 15) is 4.79 Å². The van der Waals surface area contributed by atoms with Crippen LogP contribution in [0.2, 0.25) is 0 Å². The number of rotatable bonds is 6. The number of hydrogen-bond acceptors (Lipinski definition) is 5. The van der Waals surface area contributed by atoms with Crippen LogP contribution in [0.3, 0.4) is 0 Å². The maximum Gasteiger partial charge on any atom is 0.349 e. The van der Waals surface area contributed by atoms with Crippen molar-refractivity contribution in [2.75, 3.05) is 20.8 Å². The fraction of sp³-hybridized carbons (Fsp3) is 0.200. The lowest BCUT2D eigenvalue weighted by molar-refractivity contribution is -0.137. The summed E-state index contributed by atoms with van der Waals surface area (Å²) in [4.78, 5) is 11.7. The smallest absolute Gasteiger partial charge is 0.349 e. The summed E-state index contributed by atoms with van der Waals surface area (Å²) in [5, 5.41) is 9.03. The van der Waals surface area contributed by atoms with Crippen LogP contribution in [-0.2, 0) is 9.53 Å². The van der Waals surface area contributed by atoms with Gasteiger partial charge in [0, 0.05) is 5.56 Å². The van der Waals surface area contributed by atoms with E-state index in [0.717, 1.165) is 0 Å². The first-order valence-electron chi connectivity index (χ1n) is 5.78. The molecule has 0 amide bonds. The molecule has 0 aliphatic carbocycles. The third-order valence-corrected chi connectivity index (χ3v) is 2.41. The first-order chi connectivity index (χ1) is 9.67. The van der Waals surface area contributed by atoms with E-state index in [1.807, 2.05) is 0 Å². The number of nitriles is 1. The van der Waals surface area contributed by atoms with Crippen molar-refractivity contribution in [1.82, 2.24) is 0 Å². The minimum atomic E-state index is -0.711. The Morgan fingerprint density at radius 2 is 2.15 bits per heavy atom. The second-order valence-corrected chi connectivity index (χ2v) is 3.64. The highest BCUT2D eigenvalue weighted by atomic mass is 16.5. The van der Waals surface area contributed by atoms with Gasteiger partial charge in [0.2, 0.25) is 0 Å². The molecule has 20 heavy (non-hydrogen) atoms. The van der Waals surface area contributed by atoms with E-state index < -0.39 is 5.97 Å². The van der Waals surface area contributed by atoms with Crippen LogP contribution >= 0.6 is 0 Å². The normalized spacial score (nSPS) is 10.3. The standard InChI is InChI=1S/C15H15NO4/c1-4-8-20-15(17)12(10-16)9-11-6-5-7-13(18-2)14(11)19-3/h4-7,9H,1,8H2,2-3H3/b12-9+. The van der Waals surface area contributed by atoms with Gasteiger partial charge in [-0.1, -0.05) is 24.8 Å². The van der Waals surface area contributed by atoms with Gasteiger partial charge in [-0.25, -0.2) is 4.79 Å². The summed E-state index contributed by atoms with van der Waals surface area (Å²) in [5.74, 6) is 0.245. The molecule has 0 radical (unpaired) electrons. The first kappa shape index (κ1) is 15.3. The molecule has 0 bridgehead atoms. The Labute approximate surface area is 117 Å². The van der Waals surface area contributed by atoms with E-state index in [-0.39, 0.29) is 12.2 Å². The zero-order valence-corrected chi connectivity index (χ0v) is 11.4. The van der Waals surface area contributed by atoms with Gasteiger partial charge in [-0.15, -0.1) is 0 Å². The topological polar surface area (TPSA) is 68.6 Å².